The van der Waals surface area contributed by atoms with E-state index in [1.807, 2.05) is 0 Å². The molecule has 112 valence electrons. The first-order valence-electron chi connectivity index (χ1n) is 6.29. The van der Waals surface area contributed by atoms with E-state index in [0.29, 0.717) is 13.1 Å². The molecule has 0 N–H and O–H groups in total. The van der Waals surface area contributed by atoms with Gasteiger partial charge in [-0.15, -0.1) is 0 Å². The third-order valence-electron chi connectivity index (χ3n) is 3.05. The summed E-state index contributed by atoms with van der Waals surface area (Å²) >= 11 is 0. The smallest absolute Gasteiger partial charge is 0.309 e. The van der Waals surface area contributed by atoms with E-state index < -0.39 is 32.9 Å². The molecular weight excluding hydrogens is 270 g/mol. The summed E-state index contributed by atoms with van der Waals surface area (Å²) in [4.78, 5) is 24.7. The minimum absolute atomic E-state index is 0.381. The van der Waals surface area contributed by atoms with Gasteiger partial charge < -0.3 is 9.64 Å². The number of carbonyl (C=O) groups is 2. The van der Waals surface area contributed by atoms with Crippen LogP contribution in [0.15, 0.2) is 0 Å². The molecule has 0 radical (unpaired) electrons. The van der Waals surface area contributed by atoms with Crippen LogP contribution in [0.5, 0.6) is 0 Å². The van der Waals surface area contributed by atoms with Gasteiger partial charge in [0.25, 0.3) is 0 Å². The number of esters is 1. The lowest BCUT2D eigenvalue weighted by Gasteiger charge is -2.23. The molecule has 6 nitrogen and oxygen atoms in total. The summed E-state index contributed by atoms with van der Waals surface area (Å²) in [5.74, 6) is -2.18. The minimum Gasteiger partial charge on any atom is -0.469 e. The van der Waals surface area contributed by atoms with Crippen molar-refractivity contribution >= 4 is 21.7 Å². The molecule has 0 aliphatic rings. The van der Waals surface area contributed by atoms with Gasteiger partial charge in [0.1, 0.15) is 5.25 Å². The Morgan fingerprint density at radius 2 is 1.63 bits per heavy atom. The normalized spacial score (nSPS) is 14.6. The highest BCUT2D eigenvalue weighted by Gasteiger charge is 2.33. The summed E-state index contributed by atoms with van der Waals surface area (Å²) in [5.41, 5.74) is 0. The summed E-state index contributed by atoms with van der Waals surface area (Å²) in [7, 11) is -2.47. The minimum atomic E-state index is -3.67. The van der Waals surface area contributed by atoms with Crippen LogP contribution in [-0.2, 0) is 24.2 Å². The highest BCUT2D eigenvalue weighted by Crippen LogP contribution is 2.12. The van der Waals surface area contributed by atoms with Crippen molar-refractivity contribution in [1.29, 1.82) is 0 Å². The van der Waals surface area contributed by atoms with Crippen LogP contribution in [0, 0.1) is 5.92 Å². The van der Waals surface area contributed by atoms with Gasteiger partial charge in [-0.05, 0) is 20.8 Å². The maximum Gasteiger partial charge on any atom is 0.309 e. The summed E-state index contributed by atoms with van der Waals surface area (Å²) in [6, 6.07) is 0. The number of nitrogens with zero attached hydrogens (tertiary/aromatic N) is 1. The van der Waals surface area contributed by atoms with Gasteiger partial charge in [0, 0.05) is 13.1 Å². The Balaban J connectivity index is 4.91. The molecule has 0 aromatic carbocycles. The number of carbonyl (C=O) groups excluding carboxylic acids is 2. The van der Waals surface area contributed by atoms with Crippen LogP contribution in [0.1, 0.15) is 27.7 Å². The van der Waals surface area contributed by atoms with Gasteiger partial charge in [-0.25, -0.2) is 8.42 Å². The zero-order valence-corrected chi connectivity index (χ0v) is 13.0. The third kappa shape index (κ3) is 4.81. The van der Waals surface area contributed by atoms with Crippen molar-refractivity contribution in [1.82, 2.24) is 4.90 Å². The number of rotatable bonds is 7. The van der Waals surface area contributed by atoms with Crippen LogP contribution in [0.4, 0.5) is 0 Å². The first-order chi connectivity index (χ1) is 8.71. The zero-order chi connectivity index (χ0) is 15.2. The number of ether oxygens (including phenoxy) is 1. The molecule has 0 aromatic heterocycles. The molecule has 0 saturated carbocycles. The fourth-order valence-corrected chi connectivity index (χ4v) is 3.29. The molecule has 0 spiro atoms. The van der Waals surface area contributed by atoms with Crippen LogP contribution in [0.2, 0.25) is 0 Å². The number of sulfone groups is 1. The van der Waals surface area contributed by atoms with Crippen molar-refractivity contribution in [3.63, 3.8) is 0 Å². The number of amides is 1. The third-order valence-corrected chi connectivity index (χ3v) is 5.29. The maximum absolute atomic E-state index is 12.1. The molecule has 0 aliphatic heterocycles. The van der Waals surface area contributed by atoms with E-state index in [4.69, 9.17) is 0 Å². The highest BCUT2D eigenvalue weighted by atomic mass is 32.2. The van der Waals surface area contributed by atoms with Crippen LogP contribution in [0.25, 0.3) is 0 Å². The van der Waals surface area contributed by atoms with Crippen LogP contribution in [-0.4, -0.2) is 56.4 Å². The van der Waals surface area contributed by atoms with Crippen LogP contribution in [0.3, 0.4) is 0 Å². The standard InChI is InChI=1S/C12H23NO5S/c1-6-13(7-2)11(14)10(4)19(16,17)8-9(3)12(15)18-5/h9-10H,6-8H2,1-5H3. The Hall–Kier alpha value is -1.11. The fraction of sp³-hybridized carbons (Fsp3) is 0.833. The second-order valence-electron chi connectivity index (χ2n) is 4.41. The molecule has 2 atom stereocenters. The summed E-state index contributed by atoms with van der Waals surface area (Å²) < 4.78 is 28.7. The zero-order valence-electron chi connectivity index (χ0n) is 12.2. The van der Waals surface area contributed by atoms with E-state index in [1.165, 1.54) is 25.9 Å². The Labute approximate surface area is 115 Å². The second kappa shape index (κ2) is 7.47. The van der Waals surface area contributed by atoms with Crippen molar-refractivity contribution < 1.29 is 22.7 Å². The van der Waals surface area contributed by atoms with Crippen LogP contribution < -0.4 is 0 Å². The van der Waals surface area contributed by atoms with Gasteiger partial charge in [-0.1, -0.05) is 6.92 Å². The van der Waals surface area contributed by atoms with E-state index in [0.717, 1.165) is 0 Å². The monoisotopic (exact) mass is 293 g/mol. The number of hydrogen-bond donors (Lipinski definition) is 0. The summed E-state index contributed by atoms with van der Waals surface area (Å²) in [5, 5.41) is -1.14. The molecule has 0 fully saturated rings. The van der Waals surface area contributed by atoms with Gasteiger partial charge >= 0.3 is 5.97 Å². The van der Waals surface area contributed by atoms with Gasteiger partial charge in [-0.3, -0.25) is 9.59 Å². The first kappa shape index (κ1) is 17.9. The SMILES string of the molecule is CCN(CC)C(=O)C(C)S(=O)(=O)CC(C)C(=O)OC. The Kier molecular flexibility index (Phi) is 7.04. The maximum atomic E-state index is 12.1. The van der Waals surface area contributed by atoms with Crippen molar-refractivity contribution in [2.75, 3.05) is 26.0 Å². The van der Waals surface area contributed by atoms with Gasteiger partial charge in [0.05, 0.1) is 18.8 Å². The molecule has 0 saturated heterocycles. The molecule has 1 amide bonds. The van der Waals surface area contributed by atoms with Crippen molar-refractivity contribution in [2.45, 2.75) is 32.9 Å². The number of hydrogen-bond acceptors (Lipinski definition) is 5. The quantitative estimate of drug-likeness (QED) is 0.637. The lowest BCUT2D eigenvalue weighted by Crippen LogP contribution is -2.43. The molecule has 0 bridgehead atoms. The average Bonchev–Trinajstić information content (AvgIpc) is 2.37. The molecule has 2 unspecified atom stereocenters. The molecule has 19 heavy (non-hydrogen) atoms. The molecule has 7 heteroatoms. The largest absolute Gasteiger partial charge is 0.469 e. The van der Waals surface area contributed by atoms with Crippen LogP contribution >= 0.6 is 0 Å². The highest BCUT2D eigenvalue weighted by molar-refractivity contribution is 7.92. The molecule has 0 rings (SSSR count). The molecule has 0 heterocycles. The average molecular weight is 293 g/mol. The predicted octanol–water partition coefficient (Wildman–Crippen LogP) is 0.467. The van der Waals surface area contributed by atoms with E-state index in [-0.39, 0.29) is 5.75 Å². The number of methoxy groups -OCH3 is 1. The molecule has 0 aromatic rings. The van der Waals surface area contributed by atoms with Crippen molar-refractivity contribution in [3.8, 4) is 0 Å². The lowest BCUT2D eigenvalue weighted by molar-refractivity contribution is -0.144. The predicted molar refractivity (Wildman–Crippen MR) is 72.4 cm³/mol. The lowest BCUT2D eigenvalue weighted by atomic mass is 10.2. The van der Waals surface area contributed by atoms with Gasteiger partial charge in [-0.2, -0.15) is 0 Å². The fourth-order valence-electron chi connectivity index (χ4n) is 1.71. The topological polar surface area (TPSA) is 80.8 Å². The van der Waals surface area contributed by atoms with Gasteiger partial charge in [0.2, 0.25) is 5.91 Å². The summed E-state index contributed by atoms with van der Waals surface area (Å²) in [6.07, 6.45) is 0. The Morgan fingerprint density at radius 1 is 1.16 bits per heavy atom. The second-order valence-corrected chi connectivity index (χ2v) is 6.77. The van der Waals surface area contributed by atoms with Crippen molar-refractivity contribution in [2.24, 2.45) is 5.92 Å². The van der Waals surface area contributed by atoms with E-state index in [2.05, 4.69) is 4.74 Å². The first-order valence-corrected chi connectivity index (χ1v) is 8.00. The van der Waals surface area contributed by atoms with E-state index in [1.54, 1.807) is 13.8 Å². The van der Waals surface area contributed by atoms with Gasteiger partial charge in [0.15, 0.2) is 9.84 Å². The molecule has 0 aliphatic carbocycles. The van der Waals surface area contributed by atoms with E-state index in [9.17, 15) is 18.0 Å². The molecular formula is C12H23NO5S. The Morgan fingerprint density at radius 3 is 2.00 bits per heavy atom. The van der Waals surface area contributed by atoms with E-state index >= 15 is 0 Å². The summed E-state index contributed by atoms with van der Waals surface area (Å²) in [6.45, 7) is 7.33. The van der Waals surface area contributed by atoms with Crippen molar-refractivity contribution in [3.05, 3.63) is 0 Å². The Bertz CT molecular complexity index is 414.